The number of aromatic nitrogens is 2. The maximum Gasteiger partial charge on any atom is 0.259 e. The normalized spacial score (nSPS) is 23.4. The molecule has 1 aromatic rings. The van der Waals surface area contributed by atoms with Gasteiger partial charge in [-0.05, 0) is 24.8 Å². The number of nitrogens with one attached hydrogen (secondary N) is 1. The molecule has 0 radical (unpaired) electrons. The number of halogens is 1. The first-order valence-electron chi connectivity index (χ1n) is 5.20. The molecular weight excluding hydrogens is 250 g/mol. The molecule has 1 unspecified atom stereocenters. The van der Waals surface area contributed by atoms with Crippen molar-refractivity contribution in [1.82, 2.24) is 14.5 Å². The number of H-pyrrole nitrogens is 1. The SMILES string of the molecule is O=S(=O)(c1ccn[nH]1)N1CCCC(CCl)C1. The van der Waals surface area contributed by atoms with Crippen molar-refractivity contribution in [2.45, 2.75) is 17.9 Å². The number of piperidine rings is 1. The number of alkyl halides is 1. The summed E-state index contributed by atoms with van der Waals surface area (Å²) >= 11 is 5.78. The van der Waals surface area contributed by atoms with E-state index < -0.39 is 10.0 Å². The largest absolute Gasteiger partial charge is 0.266 e. The van der Waals surface area contributed by atoms with Gasteiger partial charge in [-0.1, -0.05) is 0 Å². The van der Waals surface area contributed by atoms with Gasteiger partial charge in [0.25, 0.3) is 10.0 Å². The van der Waals surface area contributed by atoms with E-state index in [9.17, 15) is 8.42 Å². The predicted molar refractivity (Wildman–Crippen MR) is 60.8 cm³/mol. The fraction of sp³-hybridized carbons (Fsp3) is 0.667. The lowest BCUT2D eigenvalue weighted by molar-refractivity contribution is 0.283. The number of rotatable bonds is 3. The number of sulfonamides is 1. The van der Waals surface area contributed by atoms with Crippen LogP contribution in [0, 0.1) is 5.92 Å². The topological polar surface area (TPSA) is 66.1 Å². The van der Waals surface area contributed by atoms with Gasteiger partial charge in [-0.3, -0.25) is 5.10 Å². The van der Waals surface area contributed by atoms with Crippen molar-refractivity contribution in [3.63, 3.8) is 0 Å². The summed E-state index contributed by atoms with van der Waals surface area (Å²) in [4.78, 5) is 0. The van der Waals surface area contributed by atoms with Gasteiger partial charge in [0.2, 0.25) is 0 Å². The Bertz CT molecular complexity index is 432. The highest BCUT2D eigenvalue weighted by Crippen LogP contribution is 2.23. The smallest absolute Gasteiger partial charge is 0.259 e. The maximum absolute atomic E-state index is 12.1. The quantitative estimate of drug-likeness (QED) is 0.829. The van der Waals surface area contributed by atoms with Crippen LogP contribution in [-0.2, 0) is 10.0 Å². The average Bonchev–Trinajstić information content (AvgIpc) is 2.83. The lowest BCUT2D eigenvalue weighted by Gasteiger charge is -2.30. The van der Waals surface area contributed by atoms with Gasteiger partial charge in [0.15, 0.2) is 5.03 Å². The van der Waals surface area contributed by atoms with E-state index in [2.05, 4.69) is 10.2 Å². The number of hydrogen-bond acceptors (Lipinski definition) is 3. The highest BCUT2D eigenvalue weighted by Gasteiger charge is 2.30. The van der Waals surface area contributed by atoms with Crippen molar-refractivity contribution >= 4 is 21.6 Å². The molecule has 5 nitrogen and oxygen atoms in total. The van der Waals surface area contributed by atoms with Crippen molar-refractivity contribution in [2.75, 3.05) is 19.0 Å². The zero-order chi connectivity index (χ0) is 11.6. The first-order chi connectivity index (χ1) is 7.64. The molecule has 16 heavy (non-hydrogen) atoms. The molecule has 0 aromatic carbocycles. The molecule has 0 aliphatic carbocycles. The summed E-state index contributed by atoms with van der Waals surface area (Å²) in [7, 11) is -3.41. The minimum atomic E-state index is -3.41. The molecule has 1 fully saturated rings. The van der Waals surface area contributed by atoms with Crippen LogP contribution in [0.2, 0.25) is 0 Å². The van der Waals surface area contributed by atoms with Crippen LogP contribution in [0.15, 0.2) is 17.3 Å². The molecule has 90 valence electrons. The van der Waals surface area contributed by atoms with E-state index in [1.807, 2.05) is 0 Å². The van der Waals surface area contributed by atoms with E-state index in [-0.39, 0.29) is 10.9 Å². The maximum atomic E-state index is 12.1. The second-order valence-electron chi connectivity index (χ2n) is 3.95. The Balaban J connectivity index is 2.18. The highest BCUT2D eigenvalue weighted by atomic mass is 35.5. The van der Waals surface area contributed by atoms with Crippen molar-refractivity contribution in [2.24, 2.45) is 5.92 Å². The summed E-state index contributed by atoms with van der Waals surface area (Å²) in [6.45, 7) is 1.07. The van der Waals surface area contributed by atoms with Crippen LogP contribution in [0.1, 0.15) is 12.8 Å². The van der Waals surface area contributed by atoms with Gasteiger partial charge in [0.05, 0.1) is 6.20 Å². The van der Waals surface area contributed by atoms with E-state index in [1.54, 1.807) is 0 Å². The summed E-state index contributed by atoms with van der Waals surface area (Å²) in [5.41, 5.74) is 0. The minimum Gasteiger partial charge on any atom is -0.266 e. The second kappa shape index (κ2) is 4.73. The Morgan fingerprint density at radius 1 is 1.62 bits per heavy atom. The van der Waals surface area contributed by atoms with Gasteiger partial charge in [-0.15, -0.1) is 11.6 Å². The molecule has 0 saturated carbocycles. The molecule has 1 saturated heterocycles. The first kappa shape index (κ1) is 11.9. The molecule has 1 N–H and O–H groups in total. The van der Waals surface area contributed by atoms with Gasteiger partial charge >= 0.3 is 0 Å². The number of aromatic amines is 1. The number of hydrogen-bond donors (Lipinski definition) is 1. The molecule has 0 bridgehead atoms. The third kappa shape index (κ3) is 2.23. The molecule has 7 heteroatoms. The zero-order valence-corrected chi connectivity index (χ0v) is 10.3. The summed E-state index contributed by atoms with van der Waals surface area (Å²) < 4.78 is 25.7. The lowest BCUT2D eigenvalue weighted by atomic mass is 10.0. The third-order valence-electron chi connectivity index (χ3n) is 2.79. The third-order valence-corrected chi connectivity index (χ3v) is 5.02. The summed E-state index contributed by atoms with van der Waals surface area (Å²) in [5.74, 6) is 0.766. The van der Waals surface area contributed by atoms with Crippen LogP contribution >= 0.6 is 11.6 Å². The van der Waals surface area contributed by atoms with Crippen molar-refractivity contribution < 1.29 is 8.42 Å². The fourth-order valence-corrected chi connectivity index (χ4v) is 3.60. The summed E-state index contributed by atoms with van der Waals surface area (Å²) in [6, 6.07) is 1.47. The predicted octanol–water partition coefficient (Wildman–Crippen LogP) is 1.05. The van der Waals surface area contributed by atoms with Gasteiger partial charge < -0.3 is 0 Å². The van der Waals surface area contributed by atoms with Gasteiger partial charge in [0.1, 0.15) is 0 Å². The molecular formula is C9H14ClN3O2S. The Labute approximate surface area is 99.8 Å². The van der Waals surface area contributed by atoms with Crippen molar-refractivity contribution in [1.29, 1.82) is 0 Å². The lowest BCUT2D eigenvalue weighted by Crippen LogP contribution is -2.40. The average molecular weight is 264 g/mol. The van der Waals surface area contributed by atoms with E-state index in [4.69, 9.17) is 11.6 Å². The van der Waals surface area contributed by atoms with Crippen LogP contribution in [0.5, 0.6) is 0 Å². The highest BCUT2D eigenvalue weighted by molar-refractivity contribution is 7.89. The van der Waals surface area contributed by atoms with Gasteiger partial charge in [0, 0.05) is 19.0 Å². The standard InChI is InChI=1S/C9H14ClN3O2S/c10-6-8-2-1-5-13(7-8)16(14,15)9-3-4-11-12-9/h3-4,8H,1-2,5-7H2,(H,11,12). The van der Waals surface area contributed by atoms with E-state index in [1.165, 1.54) is 16.6 Å². The van der Waals surface area contributed by atoms with Crippen LogP contribution in [-0.4, -0.2) is 41.9 Å². The second-order valence-corrected chi connectivity index (χ2v) is 6.16. The van der Waals surface area contributed by atoms with Crippen LogP contribution in [0.3, 0.4) is 0 Å². The van der Waals surface area contributed by atoms with E-state index >= 15 is 0 Å². The van der Waals surface area contributed by atoms with Crippen molar-refractivity contribution in [3.8, 4) is 0 Å². The Morgan fingerprint density at radius 3 is 3.06 bits per heavy atom. The Hall–Kier alpha value is -0.590. The van der Waals surface area contributed by atoms with Crippen molar-refractivity contribution in [3.05, 3.63) is 12.3 Å². The van der Waals surface area contributed by atoms with Gasteiger partial charge in [-0.25, -0.2) is 8.42 Å². The molecule has 2 heterocycles. The van der Waals surface area contributed by atoms with E-state index in [0.29, 0.717) is 19.0 Å². The summed E-state index contributed by atoms with van der Waals surface area (Å²) in [6.07, 6.45) is 3.30. The fourth-order valence-electron chi connectivity index (χ4n) is 1.90. The van der Waals surface area contributed by atoms with Crippen LogP contribution in [0.25, 0.3) is 0 Å². The molecule has 1 aliphatic rings. The molecule has 1 aromatic heterocycles. The monoisotopic (exact) mass is 263 g/mol. The Morgan fingerprint density at radius 2 is 2.44 bits per heavy atom. The minimum absolute atomic E-state index is 0.155. The Kier molecular flexibility index (Phi) is 3.51. The molecule has 1 aliphatic heterocycles. The molecule has 1 atom stereocenters. The van der Waals surface area contributed by atoms with E-state index in [0.717, 1.165) is 12.8 Å². The van der Waals surface area contributed by atoms with Crippen LogP contribution in [0.4, 0.5) is 0 Å². The zero-order valence-electron chi connectivity index (χ0n) is 8.76. The number of nitrogens with zero attached hydrogens (tertiary/aromatic N) is 2. The van der Waals surface area contributed by atoms with Gasteiger partial charge in [-0.2, -0.15) is 9.40 Å². The molecule has 2 rings (SSSR count). The molecule has 0 spiro atoms. The van der Waals surface area contributed by atoms with Crippen LogP contribution < -0.4 is 0 Å². The summed E-state index contributed by atoms with van der Waals surface area (Å²) in [5, 5.41) is 6.32. The first-order valence-corrected chi connectivity index (χ1v) is 7.17. The molecule has 0 amide bonds.